The van der Waals surface area contributed by atoms with Crippen molar-refractivity contribution in [1.82, 2.24) is 9.78 Å². The van der Waals surface area contributed by atoms with Crippen LogP contribution in [0.15, 0.2) is 24.3 Å². The molecule has 1 aromatic heterocycles. The highest BCUT2D eigenvalue weighted by molar-refractivity contribution is 6.01. The summed E-state index contributed by atoms with van der Waals surface area (Å²) in [6.45, 7) is 0. The molecule has 0 aliphatic heterocycles. The number of nitrogens with zero attached hydrogens (tertiary/aromatic N) is 2. The van der Waals surface area contributed by atoms with Crippen molar-refractivity contribution < 1.29 is 23.1 Å². The Bertz CT molecular complexity index is 559. The van der Waals surface area contributed by atoms with Crippen LogP contribution in [0.2, 0.25) is 0 Å². The highest BCUT2D eigenvalue weighted by Crippen LogP contribution is 2.28. The number of benzene rings is 1. The van der Waals surface area contributed by atoms with E-state index in [1.54, 1.807) is 0 Å². The van der Waals surface area contributed by atoms with Gasteiger partial charge in [-0.2, -0.15) is 9.78 Å². The zero-order valence-electron chi connectivity index (χ0n) is 7.69. The topological polar surface area (TPSA) is 55.1 Å². The van der Waals surface area contributed by atoms with Crippen LogP contribution in [0.5, 0.6) is 0 Å². The van der Waals surface area contributed by atoms with Gasteiger partial charge in [0.1, 0.15) is 0 Å². The fourth-order valence-electron chi connectivity index (χ4n) is 1.42. The largest absolute Gasteiger partial charge is 0.505 e. The van der Waals surface area contributed by atoms with Gasteiger partial charge in [0.15, 0.2) is 5.69 Å². The fraction of sp³-hybridized carbons (Fsp3) is 0.111. The van der Waals surface area contributed by atoms with Crippen LogP contribution in [0, 0.1) is 0 Å². The minimum Gasteiger partial charge on any atom is -0.476 e. The lowest BCUT2D eigenvalue weighted by Gasteiger charge is -2.07. The van der Waals surface area contributed by atoms with Crippen LogP contribution in [0.3, 0.4) is 0 Å². The Kier molecular flexibility index (Phi) is 2.11. The SMILES string of the molecule is O=C(O)c1c2ccccc2nn1C(F)(F)F. The zero-order chi connectivity index (χ0) is 11.9. The van der Waals surface area contributed by atoms with Gasteiger partial charge in [-0.3, -0.25) is 0 Å². The van der Waals surface area contributed by atoms with E-state index < -0.39 is 22.6 Å². The maximum Gasteiger partial charge on any atom is 0.505 e. The Balaban J connectivity index is 2.84. The Hall–Kier alpha value is -2.05. The molecule has 0 bridgehead atoms. The standard InChI is InChI=1S/C9H5F3N2O2/c10-9(11,12)14-7(8(15)16)5-3-1-2-4-6(5)13-14/h1-4H,(H,15,16). The maximum atomic E-state index is 12.5. The summed E-state index contributed by atoms with van der Waals surface area (Å²) in [5.41, 5.74) is -0.875. The minimum absolute atomic E-state index is 0.00257. The van der Waals surface area contributed by atoms with Crippen molar-refractivity contribution in [2.75, 3.05) is 0 Å². The molecule has 4 nitrogen and oxygen atoms in total. The molecular formula is C9H5F3N2O2. The van der Waals surface area contributed by atoms with Gasteiger partial charge in [0.25, 0.3) is 0 Å². The molecule has 0 radical (unpaired) electrons. The number of rotatable bonds is 1. The van der Waals surface area contributed by atoms with Gasteiger partial charge in [0, 0.05) is 5.39 Å². The summed E-state index contributed by atoms with van der Waals surface area (Å²) in [5, 5.41) is 11.9. The summed E-state index contributed by atoms with van der Waals surface area (Å²) in [5.74, 6) is -1.66. The Morgan fingerprint density at radius 3 is 2.50 bits per heavy atom. The van der Waals surface area contributed by atoms with E-state index in [1.807, 2.05) is 0 Å². The van der Waals surface area contributed by atoms with Gasteiger partial charge in [0.2, 0.25) is 0 Å². The first kappa shape index (κ1) is 10.5. The smallest absolute Gasteiger partial charge is 0.476 e. The van der Waals surface area contributed by atoms with Gasteiger partial charge in [-0.25, -0.2) is 4.79 Å². The summed E-state index contributed by atoms with van der Waals surface area (Å²) in [7, 11) is 0. The van der Waals surface area contributed by atoms with E-state index in [1.165, 1.54) is 24.3 Å². The molecule has 0 saturated carbocycles. The van der Waals surface area contributed by atoms with Gasteiger partial charge >= 0.3 is 12.3 Å². The number of aromatic carboxylic acids is 1. The molecule has 0 spiro atoms. The monoisotopic (exact) mass is 230 g/mol. The molecule has 0 fully saturated rings. The Morgan fingerprint density at radius 1 is 1.31 bits per heavy atom. The second-order valence-electron chi connectivity index (χ2n) is 3.05. The molecule has 7 heteroatoms. The quantitative estimate of drug-likeness (QED) is 0.817. The molecular weight excluding hydrogens is 225 g/mol. The van der Waals surface area contributed by atoms with Crippen molar-refractivity contribution >= 4 is 16.9 Å². The molecule has 0 atom stereocenters. The number of carboxylic acid groups (broad SMARTS) is 1. The van der Waals surface area contributed by atoms with Crippen LogP contribution in [-0.2, 0) is 6.30 Å². The van der Waals surface area contributed by atoms with E-state index in [4.69, 9.17) is 5.11 Å². The summed E-state index contributed by atoms with van der Waals surface area (Å²) in [6, 6.07) is 5.55. The number of fused-ring (bicyclic) bond motifs is 1. The molecule has 16 heavy (non-hydrogen) atoms. The van der Waals surface area contributed by atoms with Crippen LogP contribution in [0.4, 0.5) is 13.2 Å². The second-order valence-corrected chi connectivity index (χ2v) is 3.05. The predicted octanol–water partition coefficient (Wildman–Crippen LogP) is 2.21. The Morgan fingerprint density at radius 2 is 1.94 bits per heavy atom. The average Bonchev–Trinajstić information content (AvgIpc) is 2.55. The first-order chi connectivity index (χ1) is 7.41. The molecule has 2 rings (SSSR count). The van der Waals surface area contributed by atoms with Crippen molar-refractivity contribution in [2.45, 2.75) is 6.30 Å². The molecule has 1 aromatic carbocycles. The number of hydrogen-bond acceptors (Lipinski definition) is 2. The lowest BCUT2D eigenvalue weighted by Crippen LogP contribution is -2.23. The third kappa shape index (κ3) is 1.50. The highest BCUT2D eigenvalue weighted by atomic mass is 19.4. The molecule has 1 N–H and O–H groups in total. The average molecular weight is 230 g/mol. The van der Waals surface area contributed by atoms with Gasteiger partial charge in [-0.1, -0.05) is 18.2 Å². The minimum atomic E-state index is -4.84. The maximum absolute atomic E-state index is 12.5. The van der Waals surface area contributed by atoms with Crippen LogP contribution >= 0.6 is 0 Å². The van der Waals surface area contributed by atoms with Crippen molar-refractivity contribution in [3.05, 3.63) is 30.0 Å². The van der Waals surface area contributed by atoms with Crippen LogP contribution in [-0.4, -0.2) is 20.9 Å². The fourth-order valence-corrected chi connectivity index (χ4v) is 1.42. The van der Waals surface area contributed by atoms with Gasteiger partial charge < -0.3 is 5.11 Å². The van der Waals surface area contributed by atoms with Crippen LogP contribution < -0.4 is 0 Å². The molecule has 0 aliphatic carbocycles. The molecule has 0 unspecified atom stereocenters. The summed E-state index contributed by atoms with van der Waals surface area (Å²) in [6.07, 6.45) is -4.84. The number of carbonyl (C=O) groups is 1. The lowest BCUT2D eigenvalue weighted by atomic mass is 10.2. The second kappa shape index (κ2) is 3.22. The van der Waals surface area contributed by atoms with E-state index in [2.05, 4.69) is 5.10 Å². The Labute approximate surface area is 86.9 Å². The van der Waals surface area contributed by atoms with Crippen molar-refractivity contribution in [1.29, 1.82) is 0 Å². The number of carboxylic acids is 1. The van der Waals surface area contributed by atoms with E-state index in [9.17, 15) is 18.0 Å². The predicted molar refractivity (Wildman–Crippen MR) is 48.0 cm³/mol. The third-order valence-electron chi connectivity index (χ3n) is 2.02. The van der Waals surface area contributed by atoms with Gasteiger partial charge in [0.05, 0.1) is 5.52 Å². The normalized spacial score (nSPS) is 11.9. The summed E-state index contributed by atoms with van der Waals surface area (Å²) < 4.78 is 37.0. The third-order valence-corrected chi connectivity index (χ3v) is 2.02. The van der Waals surface area contributed by atoms with Crippen molar-refractivity contribution in [3.8, 4) is 0 Å². The first-order valence-electron chi connectivity index (χ1n) is 4.19. The molecule has 0 amide bonds. The summed E-state index contributed by atoms with van der Waals surface area (Å²) in [4.78, 5) is 10.8. The van der Waals surface area contributed by atoms with Gasteiger partial charge in [-0.05, 0) is 6.07 Å². The van der Waals surface area contributed by atoms with E-state index in [0.29, 0.717) is 0 Å². The number of alkyl halides is 3. The molecule has 1 heterocycles. The van der Waals surface area contributed by atoms with Crippen LogP contribution in [0.1, 0.15) is 10.5 Å². The van der Waals surface area contributed by atoms with E-state index in [0.717, 1.165) is 0 Å². The zero-order valence-corrected chi connectivity index (χ0v) is 7.69. The van der Waals surface area contributed by atoms with Crippen molar-refractivity contribution in [3.63, 3.8) is 0 Å². The first-order valence-corrected chi connectivity index (χ1v) is 4.19. The van der Waals surface area contributed by atoms with Gasteiger partial charge in [-0.15, -0.1) is 13.2 Å². The highest BCUT2D eigenvalue weighted by Gasteiger charge is 2.37. The van der Waals surface area contributed by atoms with Crippen LogP contribution in [0.25, 0.3) is 10.9 Å². The number of aromatic nitrogens is 2. The number of hydrogen-bond donors (Lipinski definition) is 1. The van der Waals surface area contributed by atoms with E-state index >= 15 is 0 Å². The molecule has 0 saturated heterocycles. The summed E-state index contributed by atoms with van der Waals surface area (Å²) >= 11 is 0. The molecule has 0 aliphatic rings. The van der Waals surface area contributed by atoms with E-state index in [-0.39, 0.29) is 10.9 Å². The number of halogens is 3. The van der Waals surface area contributed by atoms with Crippen molar-refractivity contribution in [2.24, 2.45) is 0 Å². The lowest BCUT2D eigenvalue weighted by molar-refractivity contribution is -0.212. The molecule has 2 aromatic rings. The molecule has 84 valence electrons.